The molecule has 1 aliphatic carbocycles. The summed E-state index contributed by atoms with van der Waals surface area (Å²) in [5.74, 6) is -0.293. The van der Waals surface area contributed by atoms with Crippen molar-refractivity contribution < 1.29 is 9.59 Å². The summed E-state index contributed by atoms with van der Waals surface area (Å²) < 4.78 is 0. The first kappa shape index (κ1) is 12.5. The van der Waals surface area contributed by atoms with E-state index in [1.165, 1.54) is 30.3 Å². The lowest BCUT2D eigenvalue weighted by atomic mass is 10.0. The smallest absolute Gasteiger partial charge is 0.228 e. The molecule has 100 valence electrons. The van der Waals surface area contributed by atoms with Crippen LogP contribution in [0, 0.1) is 0 Å². The van der Waals surface area contributed by atoms with Crippen molar-refractivity contribution in [2.24, 2.45) is 0 Å². The highest BCUT2D eigenvalue weighted by atomic mass is 32.1. The van der Waals surface area contributed by atoms with Gasteiger partial charge in [0.05, 0.1) is 11.2 Å². The van der Waals surface area contributed by atoms with Crippen LogP contribution in [0.4, 0.5) is 0 Å². The first-order valence-electron chi connectivity index (χ1n) is 6.46. The zero-order chi connectivity index (χ0) is 13.2. The number of likely N-dealkylation sites (tertiary alicyclic amines) is 1. The Morgan fingerprint density at radius 2 is 2.11 bits per heavy atom. The van der Waals surface area contributed by atoms with Gasteiger partial charge in [0.15, 0.2) is 5.78 Å². The second kappa shape index (κ2) is 5.22. The van der Waals surface area contributed by atoms with Gasteiger partial charge < -0.3 is 10.2 Å². The van der Waals surface area contributed by atoms with Crippen molar-refractivity contribution in [3.05, 3.63) is 27.9 Å². The molecule has 1 N–H and O–H groups in total. The predicted molar refractivity (Wildman–Crippen MR) is 72.5 cm³/mol. The summed E-state index contributed by atoms with van der Waals surface area (Å²) in [5, 5.41) is 3.07. The van der Waals surface area contributed by atoms with E-state index in [0.717, 1.165) is 19.6 Å². The summed E-state index contributed by atoms with van der Waals surface area (Å²) >= 11 is 1.22. The lowest BCUT2D eigenvalue weighted by Crippen LogP contribution is -2.33. The van der Waals surface area contributed by atoms with E-state index < -0.39 is 0 Å². The van der Waals surface area contributed by atoms with E-state index in [-0.39, 0.29) is 11.6 Å². The first-order valence-corrected chi connectivity index (χ1v) is 7.34. The zero-order valence-corrected chi connectivity index (χ0v) is 11.3. The van der Waals surface area contributed by atoms with Gasteiger partial charge in [-0.1, -0.05) is 0 Å². The van der Waals surface area contributed by atoms with E-state index in [0.29, 0.717) is 22.8 Å². The summed E-state index contributed by atoms with van der Waals surface area (Å²) in [6, 6.07) is 0. The second-order valence-electron chi connectivity index (χ2n) is 4.76. The molecule has 0 saturated carbocycles. The minimum absolute atomic E-state index is 0.124. The van der Waals surface area contributed by atoms with Gasteiger partial charge in [0.2, 0.25) is 5.78 Å². The number of ketones is 2. The number of nitrogens with one attached hydrogen (secondary N) is 1. The second-order valence-corrected chi connectivity index (χ2v) is 5.61. The molecule has 2 aliphatic rings. The number of fused-ring (bicyclic) bond motifs is 1. The van der Waals surface area contributed by atoms with Crippen molar-refractivity contribution in [2.45, 2.75) is 12.8 Å². The number of thiazole rings is 1. The van der Waals surface area contributed by atoms with Crippen LogP contribution in [-0.4, -0.2) is 47.6 Å². The summed E-state index contributed by atoms with van der Waals surface area (Å²) in [7, 11) is 0. The van der Waals surface area contributed by atoms with Gasteiger partial charge in [-0.2, -0.15) is 0 Å². The topological polar surface area (TPSA) is 62.3 Å². The number of carbonyl (C=O) groups excluding carboxylic acids is 2. The largest absolute Gasteiger partial charge is 0.380 e. The van der Waals surface area contributed by atoms with Crippen LogP contribution in [0.2, 0.25) is 0 Å². The van der Waals surface area contributed by atoms with Crippen molar-refractivity contribution in [2.75, 3.05) is 26.2 Å². The van der Waals surface area contributed by atoms with Gasteiger partial charge in [0.25, 0.3) is 0 Å². The highest BCUT2D eigenvalue weighted by Crippen LogP contribution is 2.22. The van der Waals surface area contributed by atoms with Gasteiger partial charge in [0.1, 0.15) is 10.6 Å². The van der Waals surface area contributed by atoms with Gasteiger partial charge in [-0.25, -0.2) is 4.98 Å². The average Bonchev–Trinajstić information content (AvgIpc) is 3.06. The summed E-state index contributed by atoms with van der Waals surface area (Å²) in [6.45, 7) is 3.85. The third kappa shape index (κ3) is 2.46. The lowest BCUT2D eigenvalue weighted by Gasteiger charge is -2.17. The van der Waals surface area contributed by atoms with Crippen molar-refractivity contribution in [1.29, 1.82) is 0 Å². The third-order valence-corrected chi connectivity index (χ3v) is 4.31. The fourth-order valence-electron chi connectivity index (χ4n) is 2.46. The maximum Gasteiger partial charge on any atom is 0.228 e. The number of carbonyl (C=O) groups is 2. The molecule has 1 aromatic rings. The van der Waals surface area contributed by atoms with Gasteiger partial charge in [-0.05, 0) is 25.9 Å². The molecule has 1 fully saturated rings. The third-order valence-electron chi connectivity index (χ3n) is 3.47. The van der Waals surface area contributed by atoms with Gasteiger partial charge >= 0.3 is 0 Å². The minimum atomic E-state index is -0.169. The number of hydrogen-bond donors (Lipinski definition) is 1. The molecule has 0 bridgehead atoms. The monoisotopic (exact) mass is 277 g/mol. The fourth-order valence-corrected chi connectivity index (χ4v) is 3.15. The summed E-state index contributed by atoms with van der Waals surface area (Å²) in [5.41, 5.74) is 2.21. The molecule has 0 radical (unpaired) electrons. The molecule has 1 aliphatic heterocycles. The summed E-state index contributed by atoms with van der Waals surface area (Å²) in [6.07, 6.45) is 3.90. The Morgan fingerprint density at radius 1 is 1.32 bits per heavy atom. The predicted octanol–water partition coefficient (Wildman–Crippen LogP) is 1.09. The maximum atomic E-state index is 12.1. The molecule has 6 heteroatoms. The lowest BCUT2D eigenvalue weighted by molar-refractivity contribution is 0.0977. The van der Waals surface area contributed by atoms with Crippen LogP contribution in [-0.2, 0) is 0 Å². The molecule has 0 atom stereocenters. The van der Waals surface area contributed by atoms with Crippen LogP contribution in [0.3, 0.4) is 0 Å². The van der Waals surface area contributed by atoms with Crippen molar-refractivity contribution in [3.8, 4) is 0 Å². The molecule has 3 rings (SSSR count). The van der Waals surface area contributed by atoms with E-state index in [9.17, 15) is 9.59 Å². The van der Waals surface area contributed by atoms with Crippen molar-refractivity contribution >= 4 is 22.9 Å². The Hall–Kier alpha value is -1.53. The molecular weight excluding hydrogens is 262 g/mol. The average molecular weight is 277 g/mol. The highest BCUT2D eigenvalue weighted by molar-refractivity contribution is 7.12. The minimum Gasteiger partial charge on any atom is -0.380 e. The highest BCUT2D eigenvalue weighted by Gasteiger charge is 2.28. The molecule has 19 heavy (non-hydrogen) atoms. The quantitative estimate of drug-likeness (QED) is 0.892. The van der Waals surface area contributed by atoms with E-state index in [1.54, 1.807) is 5.51 Å². The number of aromatic nitrogens is 1. The number of rotatable bonds is 4. The Morgan fingerprint density at radius 3 is 2.89 bits per heavy atom. The summed E-state index contributed by atoms with van der Waals surface area (Å²) in [4.78, 5) is 30.7. The van der Waals surface area contributed by atoms with Crippen molar-refractivity contribution in [1.82, 2.24) is 15.2 Å². The molecule has 1 saturated heterocycles. The molecule has 0 unspecified atom stereocenters. The van der Waals surface area contributed by atoms with E-state index >= 15 is 0 Å². The van der Waals surface area contributed by atoms with Crippen LogP contribution >= 0.6 is 11.3 Å². The standard InChI is InChI=1S/C13H15N3O2S/c17-10-7-9(12(18)11-13(10)19-8-15-11)14-3-6-16-4-1-2-5-16/h7-8,14H,1-6H2. The molecular formula is C13H15N3O2S. The van der Waals surface area contributed by atoms with Crippen LogP contribution in [0.25, 0.3) is 0 Å². The van der Waals surface area contributed by atoms with Gasteiger partial charge in [-0.15, -0.1) is 11.3 Å². The first-order chi connectivity index (χ1) is 9.25. The zero-order valence-electron chi connectivity index (χ0n) is 10.5. The molecule has 0 amide bonds. The Bertz CT molecular complexity index is 544. The SMILES string of the molecule is O=C1C(NCCN2CCCC2)=CC(=O)c2scnc21. The number of nitrogens with zero attached hydrogens (tertiary/aromatic N) is 2. The number of allylic oxidation sites excluding steroid dienone is 2. The maximum absolute atomic E-state index is 12.1. The molecule has 2 heterocycles. The Kier molecular flexibility index (Phi) is 3.44. The molecule has 0 aromatic carbocycles. The fraction of sp³-hybridized carbons (Fsp3) is 0.462. The van der Waals surface area contributed by atoms with Crippen molar-refractivity contribution in [3.63, 3.8) is 0 Å². The van der Waals surface area contributed by atoms with E-state index in [4.69, 9.17) is 0 Å². The van der Waals surface area contributed by atoms with Crippen LogP contribution in [0.15, 0.2) is 17.3 Å². The van der Waals surface area contributed by atoms with Crippen LogP contribution in [0.1, 0.15) is 33.0 Å². The van der Waals surface area contributed by atoms with E-state index in [1.807, 2.05) is 0 Å². The van der Waals surface area contributed by atoms with Gasteiger partial charge in [-0.3, -0.25) is 9.59 Å². The molecule has 0 spiro atoms. The molecule has 1 aromatic heterocycles. The number of hydrogen-bond acceptors (Lipinski definition) is 6. The van der Waals surface area contributed by atoms with Crippen LogP contribution < -0.4 is 5.32 Å². The Balaban J connectivity index is 1.62. The van der Waals surface area contributed by atoms with Crippen LogP contribution in [0.5, 0.6) is 0 Å². The molecule has 5 nitrogen and oxygen atoms in total. The number of Topliss-reactive ketones (excluding diaryl/α,β-unsaturated/α-hetero) is 1. The Labute approximate surface area is 115 Å². The van der Waals surface area contributed by atoms with E-state index in [2.05, 4.69) is 15.2 Å². The van der Waals surface area contributed by atoms with Gasteiger partial charge in [0, 0.05) is 19.2 Å². The normalized spacial score (nSPS) is 19.5.